The minimum absolute atomic E-state index is 0.104. The predicted octanol–water partition coefficient (Wildman–Crippen LogP) is 1.61. The Morgan fingerprint density at radius 3 is 2.61 bits per heavy atom. The Hall–Kier alpha value is -1.51. The number of hydrogen-bond acceptors (Lipinski definition) is 3. The molecule has 1 fully saturated rings. The summed E-state index contributed by atoms with van der Waals surface area (Å²) in [4.78, 5) is 1.88. The quantitative estimate of drug-likeness (QED) is 0.868. The molecule has 0 bridgehead atoms. The van der Waals surface area contributed by atoms with E-state index in [1.165, 1.54) is 0 Å². The molecule has 96 valence electrons. The zero-order chi connectivity index (χ0) is 13.2. The fourth-order valence-corrected chi connectivity index (χ4v) is 2.28. The lowest BCUT2D eigenvalue weighted by molar-refractivity contribution is 0.129. The second-order valence-corrected chi connectivity index (χ2v) is 4.55. The van der Waals surface area contributed by atoms with Gasteiger partial charge in [0, 0.05) is 31.7 Å². The normalized spacial score (nSPS) is 20.1. The average Bonchev–Trinajstić information content (AvgIpc) is 2.41. The third-order valence-electron chi connectivity index (χ3n) is 3.42. The van der Waals surface area contributed by atoms with Crippen molar-refractivity contribution < 1.29 is 8.78 Å². The topological polar surface area (TPSA) is 39.1 Å². The number of benzene rings is 1. The number of rotatable bonds is 2. The van der Waals surface area contributed by atoms with Crippen molar-refractivity contribution in [2.45, 2.75) is 12.5 Å². The van der Waals surface area contributed by atoms with Crippen LogP contribution in [-0.2, 0) is 5.54 Å². The number of halogens is 2. The van der Waals surface area contributed by atoms with Crippen molar-refractivity contribution in [3.8, 4) is 6.07 Å². The Bertz CT molecular complexity index is 478. The lowest BCUT2D eigenvalue weighted by Gasteiger charge is -2.39. The third kappa shape index (κ3) is 2.22. The molecule has 18 heavy (non-hydrogen) atoms. The number of nitrogens with one attached hydrogen (secondary N) is 1. The molecule has 3 nitrogen and oxygen atoms in total. The van der Waals surface area contributed by atoms with Gasteiger partial charge in [-0.05, 0) is 25.1 Å². The van der Waals surface area contributed by atoms with Gasteiger partial charge >= 0.3 is 0 Å². The van der Waals surface area contributed by atoms with E-state index in [0.29, 0.717) is 13.1 Å². The van der Waals surface area contributed by atoms with E-state index < -0.39 is 17.2 Å². The van der Waals surface area contributed by atoms with E-state index in [9.17, 15) is 14.0 Å². The van der Waals surface area contributed by atoms with Gasteiger partial charge in [-0.15, -0.1) is 0 Å². The largest absolute Gasteiger partial charge is 0.314 e. The van der Waals surface area contributed by atoms with Crippen LogP contribution < -0.4 is 5.32 Å². The van der Waals surface area contributed by atoms with Crippen molar-refractivity contribution in [1.82, 2.24) is 10.2 Å². The van der Waals surface area contributed by atoms with Crippen LogP contribution in [0, 0.1) is 23.0 Å². The van der Waals surface area contributed by atoms with Gasteiger partial charge in [0.1, 0.15) is 17.2 Å². The summed E-state index contributed by atoms with van der Waals surface area (Å²) in [5.41, 5.74) is -1.03. The first-order chi connectivity index (χ1) is 8.58. The van der Waals surface area contributed by atoms with Crippen LogP contribution in [-0.4, -0.2) is 31.1 Å². The highest BCUT2D eigenvalue weighted by Gasteiger charge is 2.37. The molecule has 1 saturated heterocycles. The first-order valence-electron chi connectivity index (χ1n) is 5.90. The predicted molar refractivity (Wildman–Crippen MR) is 63.8 cm³/mol. The highest BCUT2D eigenvalue weighted by atomic mass is 19.1. The summed E-state index contributed by atoms with van der Waals surface area (Å²) >= 11 is 0. The Balaban J connectivity index is 2.42. The van der Waals surface area contributed by atoms with Gasteiger partial charge in [0.05, 0.1) is 6.07 Å². The first kappa shape index (κ1) is 12.9. The lowest BCUT2D eigenvalue weighted by atomic mass is 9.90. The molecule has 5 heteroatoms. The molecule has 1 aliphatic rings. The molecule has 0 aliphatic carbocycles. The van der Waals surface area contributed by atoms with Crippen LogP contribution in [0.5, 0.6) is 0 Å². The van der Waals surface area contributed by atoms with Crippen molar-refractivity contribution in [1.29, 1.82) is 5.26 Å². The zero-order valence-electron chi connectivity index (χ0n) is 10.2. The van der Waals surface area contributed by atoms with Gasteiger partial charge in [0.25, 0.3) is 0 Å². The third-order valence-corrected chi connectivity index (χ3v) is 3.42. The van der Waals surface area contributed by atoms with E-state index in [4.69, 9.17) is 0 Å². The minimum Gasteiger partial charge on any atom is -0.314 e. The SMILES string of the molecule is CC(C#N)(c1cc(F)ccc1F)N1CCNCC1. The van der Waals surface area contributed by atoms with Crippen LogP contribution in [0.2, 0.25) is 0 Å². The lowest BCUT2D eigenvalue weighted by Crippen LogP contribution is -2.52. The van der Waals surface area contributed by atoms with E-state index in [0.717, 1.165) is 31.3 Å². The first-order valence-corrected chi connectivity index (χ1v) is 5.90. The summed E-state index contributed by atoms with van der Waals surface area (Å²) < 4.78 is 27.1. The van der Waals surface area contributed by atoms with Crippen LogP contribution in [0.25, 0.3) is 0 Å². The van der Waals surface area contributed by atoms with E-state index in [1.54, 1.807) is 6.92 Å². The standard InChI is InChI=1S/C13H15F2N3/c1-13(9-16,18-6-4-17-5-7-18)11-8-10(14)2-3-12(11)15/h2-3,8,17H,4-7H2,1H3. The fraction of sp³-hybridized carbons (Fsp3) is 0.462. The molecule has 0 aromatic heterocycles. The maximum atomic E-state index is 13.8. The van der Waals surface area contributed by atoms with E-state index in [-0.39, 0.29) is 5.56 Å². The summed E-state index contributed by atoms with van der Waals surface area (Å²) in [5.74, 6) is -1.07. The van der Waals surface area contributed by atoms with Crippen LogP contribution >= 0.6 is 0 Å². The maximum absolute atomic E-state index is 13.8. The number of nitriles is 1. The highest BCUT2D eigenvalue weighted by molar-refractivity contribution is 5.32. The molecule has 0 amide bonds. The van der Waals surface area contributed by atoms with Crippen molar-refractivity contribution >= 4 is 0 Å². The fourth-order valence-electron chi connectivity index (χ4n) is 2.28. The zero-order valence-corrected chi connectivity index (χ0v) is 10.2. The molecular formula is C13H15F2N3. The summed E-state index contributed by atoms with van der Waals surface area (Å²) in [6.45, 7) is 4.40. The molecule has 0 radical (unpaired) electrons. The van der Waals surface area contributed by atoms with Crippen molar-refractivity contribution in [2.75, 3.05) is 26.2 Å². The summed E-state index contributed by atoms with van der Waals surface area (Å²) in [5, 5.41) is 12.6. The van der Waals surface area contributed by atoms with Gasteiger partial charge in [0.15, 0.2) is 0 Å². The molecule has 1 aromatic rings. The number of piperazine rings is 1. The van der Waals surface area contributed by atoms with E-state index in [1.807, 2.05) is 4.90 Å². The van der Waals surface area contributed by atoms with E-state index in [2.05, 4.69) is 11.4 Å². The molecule has 1 unspecified atom stereocenters. The summed E-state index contributed by atoms with van der Waals surface area (Å²) in [6, 6.07) is 5.37. The molecule has 1 aliphatic heterocycles. The average molecular weight is 251 g/mol. The Morgan fingerprint density at radius 2 is 2.00 bits per heavy atom. The molecule has 2 rings (SSSR count). The minimum atomic E-state index is -1.13. The van der Waals surface area contributed by atoms with Crippen LogP contribution in [0.3, 0.4) is 0 Å². The molecular weight excluding hydrogens is 236 g/mol. The van der Waals surface area contributed by atoms with Gasteiger partial charge in [-0.25, -0.2) is 8.78 Å². The monoisotopic (exact) mass is 251 g/mol. The van der Waals surface area contributed by atoms with Gasteiger partial charge in [0.2, 0.25) is 0 Å². The summed E-state index contributed by atoms with van der Waals surface area (Å²) in [7, 11) is 0. The van der Waals surface area contributed by atoms with Crippen molar-refractivity contribution in [3.05, 3.63) is 35.4 Å². The van der Waals surface area contributed by atoms with Gasteiger partial charge < -0.3 is 5.32 Å². The van der Waals surface area contributed by atoms with Gasteiger partial charge in [-0.2, -0.15) is 5.26 Å². The van der Waals surface area contributed by atoms with Crippen molar-refractivity contribution in [2.24, 2.45) is 0 Å². The van der Waals surface area contributed by atoms with Crippen molar-refractivity contribution in [3.63, 3.8) is 0 Å². The van der Waals surface area contributed by atoms with Crippen LogP contribution in [0.4, 0.5) is 8.78 Å². The van der Waals surface area contributed by atoms with E-state index >= 15 is 0 Å². The summed E-state index contributed by atoms with van der Waals surface area (Å²) in [6.07, 6.45) is 0. The van der Waals surface area contributed by atoms with Crippen LogP contribution in [0.1, 0.15) is 12.5 Å². The molecule has 0 spiro atoms. The maximum Gasteiger partial charge on any atom is 0.134 e. The Labute approximate surface area is 105 Å². The number of nitrogens with zero attached hydrogens (tertiary/aromatic N) is 2. The molecule has 0 saturated carbocycles. The van der Waals surface area contributed by atoms with Gasteiger partial charge in [-0.3, -0.25) is 4.90 Å². The molecule has 1 heterocycles. The second-order valence-electron chi connectivity index (χ2n) is 4.55. The van der Waals surface area contributed by atoms with Gasteiger partial charge in [-0.1, -0.05) is 0 Å². The number of hydrogen-bond donors (Lipinski definition) is 1. The van der Waals surface area contributed by atoms with Crippen LogP contribution in [0.15, 0.2) is 18.2 Å². The Morgan fingerprint density at radius 1 is 1.33 bits per heavy atom. The molecule has 1 aromatic carbocycles. The smallest absolute Gasteiger partial charge is 0.134 e. The molecule has 1 atom stereocenters. The second kappa shape index (κ2) is 5.01. The Kier molecular flexibility index (Phi) is 3.60. The molecule has 1 N–H and O–H groups in total. The highest BCUT2D eigenvalue weighted by Crippen LogP contribution is 2.30.